The Bertz CT molecular complexity index is 443. The summed E-state index contributed by atoms with van der Waals surface area (Å²) < 4.78 is 5.58. The normalized spacial score (nSPS) is 10.4. The fourth-order valence-corrected chi connectivity index (χ4v) is 1.91. The maximum Gasteiger partial charge on any atom is 0.325 e. The van der Waals surface area contributed by atoms with Crippen LogP contribution in [0.25, 0.3) is 0 Å². The zero-order valence-electron chi connectivity index (χ0n) is 11.4. The van der Waals surface area contributed by atoms with E-state index in [1.165, 1.54) is 12.0 Å². The Morgan fingerprint density at radius 3 is 2.32 bits per heavy atom. The van der Waals surface area contributed by atoms with Crippen LogP contribution in [0.2, 0.25) is 0 Å². The Balaban J connectivity index is 2.71. The fourth-order valence-electron chi connectivity index (χ4n) is 1.64. The Morgan fingerprint density at radius 2 is 1.84 bits per heavy atom. The first-order valence-corrected chi connectivity index (χ1v) is 6.84. The molecule has 0 aliphatic rings. The lowest BCUT2D eigenvalue weighted by molar-refractivity contribution is -0.148. The van der Waals surface area contributed by atoms with E-state index in [4.69, 9.17) is 0 Å². The fraction of sp³-hybridized carbons (Fsp3) is 0.429. The van der Waals surface area contributed by atoms with Crippen LogP contribution in [0, 0.1) is 0 Å². The minimum absolute atomic E-state index is 0.0104. The van der Waals surface area contributed by atoms with E-state index in [0.717, 1.165) is 10.0 Å². The van der Waals surface area contributed by atoms with E-state index >= 15 is 0 Å². The van der Waals surface area contributed by atoms with Crippen LogP contribution < -0.4 is 0 Å². The molecule has 0 bridgehead atoms. The van der Waals surface area contributed by atoms with Gasteiger partial charge < -0.3 is 9.64 Å². The third kappa shape index (κ3) is 5.03. The van der Waals surface area contributed by atoms with Gasteiger partial charge in [0.1, 0.15) is 6.54 Å². The van der Waals surface area contributed by atoms with E-state index in [1.807, 2.05) is 38.1 Å². The molecule has 0 aromatic heterocycles. The summed E-state index contributed by atoms with van der Waals surface area (Å²) in [5, 5.41) is 0. The monoisotopic (exact) mass is 327 g/mol. The number of halogens is 1. The number of ether oxygens (including phenoxy) is 1. The van der Waals surface area contributed by atoms with Crippen molar-refractivity contribution in [3.8, 4) is 0 Å². The molecule has 1 aromatic carbocycles. The van der Waals surface area contributed by atoms with Crippen LogP contribution in [-0.4, -0.2) is 36.5 Å². The minimum Gasteiger partial charge on any atom is -0.468 e. The third-order valence-electron chi connectivity index (χ3n) is 2.74. The number of benzene rings is 1. The van der Waals surface area contributed by atoms with E-state index in [9.17, 15) is 9.59 Å². The molecule has 0 fully saturated rings. The Labute approximate surface area is 121 Å². The molecule has 0 saturated carbocycles. The lowest BCUT2D eigenvalue weighted by atomic mass is 10.1. The van der Waals surface area contributed by atoms with Crippen LogP contribution in [-0.2, 0) is 20.7 Å². The zero-order valence-corrected chi connectivity index (χ0v) is 12.9. The van der Waals surface area contributed by atoms with Crippen LogP contribution >= 0.6 is 15.9 Å². The largest absolute Gasteiger partial charge is 0.468 e. The Hall–Kier alpha value is -1.36. The highest BCUT2D eigenvalue weighted by Crippen LogP contribution is 2.12. The summed E-state index contributed by atoms with van der Waals surface area (Å²) in [6.45, 7) is 3.74. The van der Waals surface area contributed by atoms with Crippen molar-refractivity contribution in [2.45, 2.75) is 26.3 Å². The second-order valence-electron chi connectivity index (χ2n) is 4.49. The molecule has 0 aliphatic carbocycles. The first kappa shape index (κ1) is 15.7. The lowest BCUT2D eigenvalue weighted by Crippen LogP contribution is -2.41. The summed E-state index contributed by atoms with van der Waals surface area (Å²) >= 11 is 3.35. The van der Waals surface area contributed by atoms with Gasteiger partial charge in [0.15, 0.2) is 0 Å². The molecule has 5 heteroatoms. The van der Waals surface area contributed by atoms with Gasteiger partial charge >= 0.3 is 5.97 Å². The number of nitrogens with zero attached hydrogens (tertiary/aromatic N) is 1. The van der Waals surface area contributed by atoms with Crippen molar-refractivity contribution in [2.24, 2.45) is 0 Å². The number of methoxy groups -OCH3 is 1. The first-order chi connectivity index (χ1) is 8.93. The molecule has 0 heterocycles. The molecule has 0 atom stereocenters. The van der Waals surface area contributed by atoms with Gasteiger partial charge in [-0.05, 0) is 31.5 Å². The highest BCUT2D eigenvalue weighted by Gasteiger charge is 2.20. The first-order valence-electron chi connectivity index (χ1n) is 6.04. The summed E-state index contributed by atoms with van der Waals surface area (Å²) in [5.41, 5.74) is 0.920. The van der Waals surface area contributed by atoms with Gasteiger partial charge in [-0.2, -0.15) is 0 Å². The third-order valence-corrected chi connectivity index (χ3v) is 3.27. The maximum atomic E-state index is 12.2. The number of hydrogen-bond acceptors (Lipinski definition) is 3. The van der Waals surface area contributed by atoms with Crippen LogP contribution in [0.4, 0.5) is 0 Å². The van der Waals surface area contributed by atoms with Crippen LogP contribution in [0.3, 0.4) is 0 Å². The predicted molar refractivity (Wildman–Crippen MR) is 76.7 cm³/mol. The summed E-state index contributed by atoms with van der Waals surface area (Å²) in [4.78, 5) is 25.0. The highest BCUT2D eigenvalue weighted by molar-refractivity contribution is 9.10. The lowest BCUT2D eigenvalue weighted by Gasteiger charge is -2.25. The molecule has 1 amide bonds. The van der Waals surface area contributed by atoms with E-state index < -0.39 is 5.97 Å². The van der Waals surface area contributed by atoms with Gasteiger partial charge in [0.05, 0.1) is 13.5 Å². The number of hydrogen-bond donors (Lipinski definition) is 0. The highest BCUT2D eigenvalue weighted by atomic mass is 79.9. The minimum atomic E-state index is -0.405. The average Bonchev–Trinajstić information content (AvgIpc) is 2.37. The average molecular weight is 328 g/mol. The predicted octanol–water partition coefficient (Wildman–Crippen LogP) is 2.40. The van der Waals surface area contributed by atoms with Gasteiger partial charge in [0.2, 0.25) is 5.91 Å². The molecular weight excluding hydrogens is 310 g/mol. The van der Waals surface area contributed by atoms with Crippen molar-refractivity contribution in [2.75, 3.05) is 13.7 Å². The van der Waals surface area contributed by atoms with Gasteiger partial charge in [-0.1, -0.05) is 28.1 Å². The van der Waals surface area contributed by atoms with E-state index in [-0.39, 0.29) is 24.9 Å². The molecule has 0 saturated heterocycles. The second kappa shape index (κ2) is 7.28. The SMILES string of the molecule is COC(=O)CN(C(=O)Cc1ccc(Br)cc1)C(C)C. The molecule has 1 aromatic rings. The molecule has 1 rings (SSSR count). The van der Waals surface area contributed by atoms with Gasteiger partial charge in [0, 0.05) is 10.5 Å². The molecule has 4 nitrogen and oxygen atoms in total. The summed E-state index contributed by atoms with van der Waals surface area (Å²) in [6, 6.07) is 7.52. The Kier molecular flexibility index (Phi) is 6.02. The number of amides is 1. The summed E-state index contributed by atoms with van der Waals surface area (Å²) in [6.07, 6.45) is 0.280. The van der Waals surface area contributed by atoms with E-state index in [2.05, 4.69) is 20.7 Å². The van der Waals surface area contributed by atoms with Crippen molar-refractivity contribution in [3.05, 3.63) is 34.3 Å². The van der Waals surface area contributed by atoms with Crippen LogP contribution in [0.15, 0.2) is 28.7 Å². The van der Waals surface area contributed by atoms with Gasteiger partial charge in [-0.15, -0.1) is 0 Å². The van der Waals surface area contributed by atoms with E-state index in [1.54, 1.807) is 0 Å². The van der Waals surface area contributed by atoms with E-state index in [0.29, 0.717) is 0 Å². The van der Waals surface area contributed by atoms with Crippen LogP contribution in [0.5, 0.6) is 0 Å². The number of carbonyl (C=O) groups is 2. The topological polar surface area (TPSA) is 46.6 Å². The molecule has 0 spiro atoms. The molecule has 0 aliphatic heterocycles. The summed E-state index contributed by atoms with van der Waals surface area (Å²) in [5.74, 6) is -0.486. The standard InChI is InChI=1S/C14H18BrNO3/c1-10(2)16(9-14(18)19-3)13(17)8-11-4-6-12(15)7-5-11/h4-7,10H,8-9H2,1-3H3. The summed E-state index contributed by atoms with van der Waals surface area (Å²) in [7, 11) is 1.32. The van der Waals surface area contributed by atoms with Gasteiger partial charge in [0.25, 0.3) is 0 Å². The second-order valence-corrected chi connectivity index (χ2v) is 5.41. The van der Waals surface area contributed by atoms with Gasteiger partial charge in [-0.3, -0.25) is 9.59 Å². The molecule has 19 heavy (non-hydrogen) atoms. The van der Waals surface area contributed by atoms with Crippen molar-refractivity contribution < 1.29 is 14.3 Å². The molecule has 0 N–H and O–H groups in total. The zero-order chi connectivity index (χ0) is 14.4. The maximum absolute atomic E-state index is 12.2. The van der Waals surface area contributed by atoms with Crippen molar-refractivity contribution in [1.82, 2.24) is 4.90 Å². The van der Waals surface area contributed by atoms with Crippen molar-refractivity contribution in [3.63, 3.8) is 0 Å². The van der Waals surface area contributed by atoms with Gasteiger partial charge in [-0.25, -0.2) is 0 Å². The smallest absolute Gasteiger partial charge is 0.325 e. The molecule has 104 valence electrons. The van der Waals surface area contributed by atoms with Crippen molar-refractivity contribution in [1.29, 1.82) is 0 Å². The molecule has 0 radical (unpaired) electrons. The number of carbonyl (C=O) groups excluding carboxylic acids is 2. The quantitative estimate of drug-likeness (QED) is 0.780. The number of esters is 1. The number of rotatable bonds is 5. The molecular formula is C14H18BrNO3. The van der Waals surface area contributed by atoms with Crippen LogP contribution in [0.1, 0.15) is 19.4 Å². The molecule has 0 unspecified atom stereocenters. The Morgan fingerprint density at radius 1 is 1.26 bits per heavy atom. The van der Waals surface area contributed by atoms with Crippen molar-refractivity contribution >= 4 is 27.8 Å².